The maximum absolute atomic E-state index is 11.6. The van der Waals surface area contributed by atoms with Crippen molar-refractivity contribution in [3.63, 3.8) is 0 Å². The Hall–Kier alpha value is -1.67. The zero-order chi connectivity index (χ0) is 11.1. The Morgan fingerprint density at radius 2 is 1.88 bits per heavy atom. The van der Waals surface area contributed by atoms with E-state index in [0.717, 1.165) is 12.0 Å². The van der Waals surface area contributed by atoms with Crippen LogP contribution in [0.2, 0.25) is 0 Å². The topological polar surface area (TPSA) is 43.1 Å². The van der Waals surface area contributed by atoms with Crippen molar-refractivity contribution < 1.29 is 4.79 Å². The lowest BCUT2D eigenvalue weighted by Crippen LogP contribution is -2.27. The molecule has 80 valence electrons. The van der Waals surface area contributed by atoms with Crippen molar-refractivity contribution in [3.8, 4) is 0 Å². The van der Waals surface area contributed by atoms with Crippen molar-refractivity contribution in [3.05, 3.63) is 47.5 Å². The van der Waals surface area contributed by atoms with Crippen LogP contribution in [0.25, 0.3) is 10.8 Å². The molecule has 2 heteroatoms. The molecular weight excluding hydrogens is 198 g/mol. The van der Waals surface area contributed by atoms with Gasteiger partial charge < -0.3 is 5.73 Å². The van der Waals surface area contributed by atoms with Crippen LogP contribution in [0.5, 0.6) is 0 Å². The van der Waals surface area contributed by atoms with Crippen LogP contribution in [0.1, 0.15) is 23.6 Å². The number of Topliss-reactive ketones (excluding diaryl/α,β-unsaturated/α-hetero) is 1. The van der Waals surface area contributed by atoms with Gasteiger partial charge in [0.25, 0.3) is 0 Å². The molecule has 0 radical (unpaired) electrons. The summed E-state index contributed by atoms with van der Waals surface area (Å²) in [4.78, 5) is 11.6. The molecule has 3 rings (SSSR count). The number of rotatable bonds is 0. The molecule has 0 heterocycles. The Balaban J connectivity index is 2.31. The summed E-state index contributed by atoms with van der Waals surface area (Å²) in [6.45, 7) is 0. The number of nitrogens with two attached hydrogens (primary N) is 1. The highest BCUT2D eigenvalue weighted by atomic mass is 16.1. The van der Waals surface area contributed by atoms with E-state index < -0.39 is 6.04 Å². The summed E-state index contributed by atoms with van der Waals surface area (Å²) in [5, 5.41) is 2.46. The van der Waals surface area contributed by atoms with Gasteiger partial charge in [0.2, 0.25) is 0 Å². The van der Waals surface area contributed by atoms with Crippen molar-refractivity contribution in [1.29, 1.82) is 0 Å². The number of hydrogen-bond donors (Lipinski definition) is 1. The van der Waals surface area contributed by atoms with Crippen LogP contribution in [-0.4, -0.2) is 5.78 Å². The van der Waals surface area contributed by atoms with Crippen molar-refractivity contribution in [2.24, 2.45) is 5.73 Å². The minimum atomic E-state index is -0.423. The van der Waals surface area contributed by atoms with E-state index in [1.165, 1.54) is 16.3 Å². The molecule has 0 amide bonds. The second-order valence-electron chi connectivity index (χ2n) is 4.30. The SMILES string of the molecule is NC1C(=O)CCc2c1ccc1ccccc21. The largest absolute Gasteiger partial charge is 0.318 e. The number of hydrogen-bond acceptors (Lipinski definition) is 2. The maximum Gasteiger partial charge on any atom is 0.154 e. The Morgan fingerprint density at radius 3 is 2.75 bits per heavy atom. The molecule has 0 saturated heterocycles. The number of ketones is 1. The van der Waals surface area contributed by atoms with Crippen LogP contribution < -0.4 is 5.73 Å². The van der Waals surface area contributed by atoms with Gasteiger partial charge in [0, 0.05) is 6.42 Å². The monoisotopic (exact) mass is 211 g/mol. The minimum Gasteiger partial charge on any atom is -0.318 e. The van der Waals surface area contributed by atoms with Crippen LogP contribution in [0.15, 0.2) is 36.4 Å². The van der Waals surface area contributed by atoms with Gasteiger partial charge in [-0.1, -0.05) is 36.4 Å². The van der Waals surface area contributed by atoms with Gasteiger partial charge in [-0.3, -0.25) is 4.79 Å². The minimum absolute atomic E-state index is 0.155. The van der Waals surface area contributed by atoms with Crippen molar-refractivity contribution in [1.82, 2.24) is 0 Å². The van der Waals surface area contributed by atoms with E-state index in [1.807, 2.05) is 24.3 Å². The van der Waals surface area contributed by atoms with E-state index in [4.69, 9.17) is 5.73 Å². The zero-order valence-corrected chi connectivity index (χ0v) is 8.94. The lowest BCUT2D eigenvalue weighted by Gasteiger charge is -2.22. The standard InChI is InChI=1S/C14H13NO/c15-14-12-6-5-9-3-1-2-4-10(9)11(12)7-8-13(14)16/h1-6,14H,7-8,15H2. The maximum atomic E-state index is 11.6. The Morgan fingerprint density at radius 1 is 1.06 bits per heavy atom. The fraction of sp³-hybridized carbons (Fsp3) is 0.214. The average molecular weight is 211 g/mol. The van der Waals surface area contributed by atoms with Gasteiger partial charge in [0.1, 0.15) is 0 Å². The molecule has 2 nitrogen and oxygen atoms in total. The molecular formula is C14H13NO. The first kappa shape index (κ1) is 9.55. The van der Waals surface area contributed by atoms with Gasteiger partial charge in [-0.25, -0.2) is 0 Å². The first-order valence-corrected chi connectivity index (χ1v) is 5.56. The lowest BCUT2D eigenvalue weighted by atomic mass is 9.84. The van der Waals surface area contributed by atoms with Gasteiger partial charge in [0.05, 0.1) is 6.04 Å². The van der Waals surface area contributed by atoms with Crippen LogP contribution in [0.3, 0.4) is 0 Å². The molecule has 0 aromatic heterocycles. The third-order valence-electron chi connectivity index (χ3n) is 3.38. The van der Waals surface area contributed by atoms with E-state index in [-0.39, 0.29) is 5.78 Å². The molecule has 2 N–H and O–H groups in total. The first-order valence-electron chi connectivity index (χ1n) is 5.56. The molecule has 1 unspecified atom stereocenters. The predicted molar refractivity (Wildman–Crippen MR) is 64.2 cm³/mol. The third kappa shape index (κ3) is 1.27. The van der Waals surface area contributed by atoms with Gasteiger partial charge in [-0.05, 0) is 28.3 Å². The molecule has 2 aromatic carbocycles. The molecule has 16 heavy (non-hydrogen) atoms. The second-order valence-corrected chi connectivity index (χ2v) is 4.30. The van der Waals surface area contributed by atoms with Crippen LogP contribution >= 0.6 is 0 Å². The molecule has 0 fully saturated rings. The van der Waals surface area contributed by atoms with Crippen LogP contribution in [0.4, 0.5) is 0 Å². The van der Waals surface area contributed by atoms with Gasteiger partial charge in [-0.2, -0.15) is 0 Å². The van der Waals surface area contributed by atoms with E-state index in [0.29, 0.717) is 6.42 Å². The van der Waals surface area contributed by atoms with Crippen molar-refractivity contribution in [2.45, 2.75) is 18.9 Å². The zero-order valence-electron chi connectivity index (χ0n) is 8.94. The number of carbonyl (C=O) groups excluding carboxylic acids is 1. The fourth-order valence-electron chi connectivity index (χ4n) is 2.50. The molecule has 2 aromatic rings. The summed E-state index contributed by atoms with van der Waals surface area (Å²) in [5.74, 6) is 0.155. The summed E-state index contributed by atoms with van der Waals surface area (Å²) >= 11 is 0. The van der Waals surface area contributed by atoms with E-state index in [2.05, 4.69) is 12.1 Å². The predicted octanol–water partition coefficient (Wildman–Crippen LogP) is 2.35. The Kier molecular flexibility index (Phi) is 2.04. The molecule has 1 aliphatic carbocycles. The lowest BCUT2D eigenvalue weighted by molar-refractivity contribution is -0.120. The van der Waals surface area contributed by atoms with Crippen molar-refractivity contribution >= 4 is 16.6 Å². The van der Waals surface area contributed by atoms with E-state index in [9.17, 15) is 4.79 Å². The second kappa shape index (κ2) is 3.42. The number of carbonyl (C=O) groups is 1. The summed E-state index contributed by atoms with van der Waals surface area (Å²) < 4.78 is 0. The number of fused-ring (bicyclic) bond motifs is 3. The molecule has 0 aliphatic heterocycles. The van der Waals surface area contributed by atoms with Crippen LogP contribution in [-0.2, 0) is 11.2 Å². The van der Waals surface area contributed by atoms with Gasteiger partial charge in [-0.15, -0.1) is 0 Å². The highest BCUT2D eigenvalue weighted by Crippen LogP contribution is 2.31. The Bertz CT molecular complexity index is 574. The normalized spacial score (nSPS) is 19.8. The van der Waals surface area contributed by atoms with E-state index >= 15 is 0 Å². The highest BCUT2D eigenvalue weighted by Gasteiger charge is 2.25. The number of benzene rings is 2. The molecule has 0 bridgehead atoms. The summed E-state index contributed by atoms with van der Waals surface area (Å²) in [6.07, 6.45) is 1.39. The van der Waals surface area contributed by atoms with Crippen LogP contribution in [0, 0.1) is 0 Å². The first-order chi connectivity index (χ1) is 7.77. The average Bonchev–Trinajstić information content (AvgIpc) is 2.33. The molecule has 1 atom stereocenters. The highest BCUT2D eigenvalue weighted by molar-refractivity contribution is 5.93. The Labute approximate surface area is 94.1 Å². The summed E-state index contributed by atoms with van der Waals surface area (Å²) in [7, 11) is 0. The number of aryl methyl sites for hydroxylation is 1. The summed E-state index contributed by atoms with van der Waals surface area (Å²) in [5.41, 5.74) is 8.20. The molecule has 0 spiro atoms. The summed E-state index contributed by atoms with van der Waals surface area (Å²) in [6, 6.07) is 11.9. The van der Waals surface area contributed by atoms with Crippen molar-refractivity contribution in [2.75, 3.05) is 0 Å². The van der Waals surface area contributed by atoms with E-state index in [1.54, 1.807) is 0 Å². The quantitative estimate of drug-likeness (QED) is 0.727. The molecule has 0 saturated carbocycles. The van der Waals surface area contributed by atoms with Gasteiger partial charge in [0.15, 0.2) is 5.78 Å². The fourth-order valence-corrected chi connectivity index (χ4v) is 2.50. The third-order valence-corrected chi connectivity index (χ3v) is 3.38. The smallest absolute Gasteiger partial charge is 0.154 e. The van der Waals surface area contributed by atoms with Gasteiger partial charge >= 0.3 is 0 Å². The molecule has 1 aliphatic rings.